The summed E-state index contributed by atoms with van der Waals surface area (Å²) in [4.78, 5) is 13.8. The van der Waals surface area contributed by atoms with E-state index >= 15 is 4.39 Å². The van der Waals surface area contributed by atoms with Crippen LogP contribution in [-0.4, -0.2) is 71.5 Å². The summed E-state index contributed by atoms with van der Waals surface area (Å²) in [6.45, 7) is 2.71. The summed E-state index contributed by atoms with van der Waals surface area (Å²) in [5, 5.41) is 23.3. The number of aromatic nitrogens is 2. The third kappa shape index (κ3) is 4.86. The standard InChI is InChI=1S/C32H34ClFN4O3/c1-37(2)16-32(7-8-32)17-41-31-35-29-24(30(36-31)38-14-18-9-20(15-38)26(40)10-18)13-25(33)27(28(29)34)23-12-21(39)11-19-5-3-4-6-22(19)23/h3-6,11-13,18,20,26,39-40H,7-10,14-17H2,1-2H3/t18?,20-,26?/m0/s1. The normalized spacial score (nSPS) is 23.1. The Hall–Kier alpha value is -3.20. The van der Waals surface area contributed by atoms with E-state index in [1.165, 1.54) is 0 Å². The Morgan fingerprint density at radius 3 is 2.66 bits per heavy atom. The number of halogens is 2. The molecule has 1 aliphatic heterocycles. The largest absolute Gasteiger partial charge is 0.508 e. The van der Waals surface area contributed by atoms with Gasteiger partial charge in [-0.25, -0.2) is 4.39 Å². The minimum atomic E-state index is -0.578. The summed E-state index contributed by atoms with van der Waals surface area (Å²) in [6, 6.07) is 12.6. The van der Waals surface area contributed by atoms with Crippen LogP contribution in [0.5, 0.6) is 11.8 Å². The van der Waals surface area contributed by atoms with Crippen molar-refractivity contribution in [1.29, 1.82) is 0 Å². The highest BCUT2D eigenvalue weighted by molar-refractivity contribution is 6.35. The number of aliphatic hydroxyl groups is 1. The number of phenols is 1. The number of rotatable bonds is 7. The van der Waals surface area contributed by atoms with Gasteiger partial charge in [-0.1, -0.05) is 35.9 Å². The zero-order valence-electron chi connectivity index (χ0n) is 23.3. The number of anilines is 1. The van der Waals surface area contributed by atoms with E-state index in [-0.39, 0.29) is 45.3 Å². The number of phenolic OH excluding ortho intramolecular Hbond substituents is 1. The Balaban J connectivity index is 1.37. The van der Waals surface area contributed by atoms with Gasteiger partial charge in [0.1, 0.15) is 17.1 Å². The van der Waals surface area contributed by atoms with Gasteiger partial charge in [0.05, 0.1) is 17.7 Å². The Morgan fingerprint density at radius 1 is 1.10 bits per heavy atom. The average Bonchev–Trinajstić information content (AvgIpc) is 3.64. The molecule has 0 radical (unpaired) electrons. The summed E-state index contributed by atoms with van der Waals surface area (Å²) in [5.41, 5.74) is 0.866. The molecule has 2 bridgehead atoms. The summed E-state index contributed by atoms with van der Waals surface area (Å²) in [5.74, 6) is 0.535. The molecule has 3 fully saturated rings. The van der Waals surface area contributed by atoms with E-state index in [4.69, 9.17) is 21.3 Å². The minimum Gasteiger partial charge on any atom is -0.508 e. The molecule has 9 heteroatoms. The molecule has 214 valence electrons. The molecule has 3 aromatic carbocycles. The predicted molar refractivity (Wildman–Crippen MR) is 159 cm³/mol. The molecule has 2 heterocycles. The lowest BCUT2D eigenvalue weighted by Gasteiger charge is -2.33. The molecule has 1 aromatic heterocycles. The first-order valence-electron chi connectivity index (χ1n) is 14.3. The molecule has 3 aliphatic rings. The van der Waals surface area contributed by atoms with Crippen LogP contribution < -0.4 is 9.64 Å². The molecule has 1 saturated heterocycles. The van der Waals surface area contributed by atoms with E-state index in [1.54, 1.807) is 18.2 Å². The van der Waals surface area contributed by atoms with Gasteiger partial charge in [0.15, 0.2) is 5.82 Å². The first kappa shape index (κ1) is 26.7. The van der Waals surface area contributed by atoms with Gasteiger partial charge in [0, 0.05) is 41.9 Å². The number of piperidine rings is 1. The first-order valence-corrected chi connectivity index (χ1v) is 14.7. The maximum absolute atomic E-state index is 16.7. The molecule has 7 rings (SSSR count). The summed E-state index contributed by atoms with van der Waals surface area (Å²) < 4.78 is 22.9. The van der Waals surface area contributed by atoms with E-state index in [0.717, 1.165) is 49.5 Å². The van der Waals surface area contributed by atoms with Crippen molar-refractivity contribution in [3.8, 4) is 22.9 Å². The summed E-state index contributed by atoms with van der Waals surface area (Å²) in [6.07, 6.45) is 3.56. The van der Waals surface area contributed by atoms with Crippen molar-refractivity contribution in [3.05, 3.63) is 53.3 Å². The number of ether oxygens (including phenoxy) is 1. The van der Waals surface area contributed by atoms with E-state index in [1.807, 2.05) is 24.3 Å². The molecule has 2 aliphatic carbocycles. The maximum atomic E-state index is 16.7. The smallest absolute Gasteiger partial charge is 0.319 e. The van der Waals surface area contributed by atoms with Gasteiger partial charge in [-0.05, 0) is 80.2 Å². The molecular weight excluding hydrogens is 543 g/mol. The fraction of sp³-hybridized carbons (Fsp3) is 0.438. The Labute approximate surface area is 243 Å². The van der Waals surface area contributed by atoms with Crippen molar-refractivity contribution in [3.63, 3.8) is 0 Å². The summed E-state index contributed by atoms with van der Waals surface area (Å²) >= 11 is 6.85. The lowest BCUT2D eigenvalue weighted by molar-refractivity contribution is 0.137. The van der Waals surface area contributed by atoms with Gasteiger partial charge in [0.25, 0.3) is 0 Å². The van der Waals surface area contributed by atoms with Crippen molar-refractivity contribution in [2.75, 3.05) is 45.2 Å². The highest BCUT2D eigenvalue weighted by Gasteiger charge is 2.44. The number of hydrogen-bond donors (Lipinski definition) is 2. The number of fused-ring (bicyclic) bond motifs is 4. The van der Waals surface area contributed by atoms with Crippen LogP contribution in [0.25, 0.3) is 32.8 Å². The lowest BCUT2D eigenvalue weighted by atomic mass is 9.95. The van der Waals surface area contributed by atoms with E-state index in [0.29, 0.717) is 35.8 Å². The van der Waals surface area contributed by atoms with Crippen LogP contribution in [0.1, 0.15) is 25.7 Å². The maximum Gasteiger partial charge on any atom is 0.319 e. The molecule has 7 nitrogen and oxygen atoms in total. The van der Waals surface area contributed by atoms with Crippen LogP contribution in [0.2, 0.25) is 5.02 Å². The Bertz CT molecular complexity index is 1660. The molecule has 3 atom stereocenters. The van der Waals surface area contributed by atoms with E-state index in [9.17, 15) is 10.2 Å². The number of nitrogens with zero attached hydrogens (tertiary/aromatic N) is 4. The molecule has 2 saturated carbocycles. The van der Waals surface area contributed by atoms with Gasteiger partial charge < -0.3 is 24.7 Å². The second kappa shape index (κ2) is 9.96. The van der Waals surface area contributed by atoms with Crippen LogP contribution in [0.15, 0.2) is 42.5 Å². The van der Waals surface area contributed by atoms with E-state index in [2.05, 4.69) is 28.9 Å². The molecular formula is C32H34ClFN4O3. The average molecular weight is 577 g/mol. The van der Waals surface area contributed by atoms with Crippen molar-refractivity contribution in [2.45, 2.75) is 31.8 Å². The molecule has 2 N–H and O–H groups in total. The first-order chi connectivity index (χ1) is 19.7. The van der Waals surface area contributed by atoms with Crippen LogP contribution in [0.3, 0.4) is 0 Å². The van der Waals surface area contributed by atoms with Crippen LogP contribution >= 0.6 is 11.6 Å². The molecule has 4 aromatic rings. The number of aliphatic hydroxyl groups excluding tert-OH is 1. The zero-order valence-corrected chi connectivity index (χ0v) is 24.0. The second-order valence-corrected chi connectivity index (χ2v) is 13.0. The predicted octanol–water partition coefficient (Wildman–Crippen LogP) is 5.88. The molecule has 2 unspecified atom stereocenters. The second-order valence-electron chi connectivity index (χ2n) is 12.6. The lowest BCUT2D eigenvalue weighted by Crippen LogP contribution is -2.38. The van der Waals surface area contributed by atoms with Crippen molar-refractivity contribution in [1.82, 2.24) is 14.9 Å². The third-order valence-corrected chi connectivity index (χ3v) is 9.36. The highest BCUT2D eigenvalue weighted by Crippen LogP contribution is 2.47. The van der Waals surface area contributed by atoms with E-state index < -0.39 is 5.82 Å². The topological polar surface area (TPSA) is 82.0 Å². The van der Waals surface area contributed by atoms with Crippen molar-refractivity contribution < 1.29 is 19.3 Å². The van der Waals surface area contributed by atoms with Crippen molar-refractivity contribution in [2.24, 2.45) is 17.3 Å². The third-order valence-electron chi connectivity index (χ3n) is 9.06. The quantitative estimate of drug-likeness (QED) is 0.284. The monoisotopic (exact) mass is 576 g/mol. The zero-order chi connectivity index (χ0) is 28.5. The SMILES string of the molecule is CN(C)CC1(COc2nc(N3CC4CC(O)[C@@H](C4)C3)c3cc(Cl)c(-c4cc(O)cc5ccccc45)c(F)c3n2)CC1. The van der Waals surface area contributed by atoms with Gasteiger partial charge in [-0.3, -0.25) is 0 Å². The fourth-order valence-corrected chi connectivity index (χ4v) is 7.32. The number of hydrogen-bond acceptors (Lipinski definition) is 7. The molecule has 0 amide bonds. The van der Waals surface area contributed by atoms with Gasteiger partial charge in [0.2, 0.25) is 0 Å². The van der Waals surface area contributed by atoms with Crippen LogP contribution in [0, 0.1) is 23.1 Å². The summed E-state index contributed by atoms with van der Waals surface area (Å²) in [7, 11) is 4.10. The van der Waals surface area contributed by atoms with Gasteiger partial charge in [-0.15, -0.1) is 0 Å². The van der Waals surface area contributed by atoms with Crippen LogP contribution in [0.4, 0.5) is 10.2 Å². The Morgan fingerprint density at radius 2 is 1.90 bits per heavy atom. The Kier molecular flexibility index (Phi) is 6.48. The molecule has 0 spiro atoms. The van der Waals surface area contributed by atoms with Gasteiger partial charge in [-0.2, -0.15) is 9.97 Å². The van der Waals surface area contributed by atoms with Crippen LogP contribution in [-0.2, 0) is 0 Å². The molecule has 41 heavy (non-hydrogen) atoms. The number of benzene rings is 3. The number of aromatic hydroxyl groups is 1. The van der Waals surface area contributed by atoms with Crippen molar-refractivity contribution >= 4 is 39.1 Å². The highest BCUT2D eigenvalue weighted by atomic mass is 35.5. The minimum absolute atomic E-state index is 0.0274. The fourth-order valence-electron chi connectivity index (χ4n) is 7.03. The van der Waals surface area contributed by atoms with Gasteiger partial charge >= 0.3 is 6.01 Å².